The maximum absolute atomic E-state index is 12.4. The average Bonchev–Trinajstić information content (AvgIpc) is 2.84. The second kappa shape index (κ2) is 10.2. The van der Waals surface area contributed by atoms with Crippen molar-refractivity contribution in [1.82, 2.24) is 4.57 Å². The van der Waals surface area contributed by atoms with Gasteiger partial charge >= 0.3 is 6.36 Å². The van der Waals surface area contributed by atoms with Crippen molar-refractivity contribution in [2.75, 3.05) is 11.5 Å². The Kier molecular flexibility index (Phi) is 7.09. The van der Waals surface area contributed by atoms with Gasteiger partial charge in [-0.1, -0.05) is 6.07 Å². The Hall–Kier alpha value is -4.49. The van der Waals surface area contributed by atoms with Crippen molar-refractivity contribution in [2.45, 2.75) is 26.4 Å². The Morgan fingerprint density at radius 2 is 1.76 bits per heavy atom. The van der Waals surface area contributed by atoms with Crippen molar-refractivity contribution in [3.05, 3.63) is 106 Å². The van der Waals surface area contributed by atoms with E-state index >= 15 is 0 Å². The molecule has 190 valence electrons. The lowest BCUT2D eigenvalue weighted by Crippen LogP contribution is -2.33. The van der Waals surface area contributed by atoms with Crippen LogP contribution in [0.15, 0.2) is 89.0 Å². The third kappa shape index (κ3) is 6.02. The van der Waals surface area contributed by atoms with Crippen molar-refractivity contribution in [1.29, 1.82) is 5.26 Å². The van der Waals surface area contributed by atoms with E-state index in [9.17, 15) is 28.3 Å². The number of alkyl halides is 3. The molecule has 3 aromatic rings. The molecule has 0 saturated heterocycles. The van der Waals surface area contributed by atoms with Crippen molar-refractivity contribution < 1.29 is 27.8 Å². The zero-order chi connectivity index (χ0) is 26.7. The number of pyridine rings is 1. The quantitative estimate of drug-likeness (QED) is 0.509. The summed E-state index contributed by atoms with van der Waals surface area (Å²) in [5.74, 6) is 0.144. The van der Waals surface area contributed by atoms with Crippen LogP contribution >= 0.6 is 0 Å². The first-order valence-corrected chi connectivity index (χ1v) is 11.1. The molecule has 7 nitrogen and oxygen atoms in total. The van der Waals surface area contributed by atoms with E-state index in [1.165, 1.54) is 35.4 Å². The van der Waals surface area contributed by atoms with Crippen molar-refractivity contribution in [2.24, 2.45) is 0 Å². The maximum Gasteiger partial charge on any atom is 0.573 e. The van der Waals surface area contributed by atoms with Gasteiger partial charge in [0.25, 0.3) is 5.56 Å². The summed E-state index contributed by atoms with van der Waals surface area (Å²) in [6.07, 6.45) is -1.40. The molecule has 2 heterocycles. The lowest BCUT2D eigenvalue weighted by atomic mass is 10.0. The molecule has 0 aliphatic carbocycles. The Bertz CT molecular complexity index is 1470. The maximum atomic E-state index is 12.4. The van der Waals surface area contributed by atoms with Crippen LogP contribution in [-0.4, -0.2) is 28.9 Å². The number of aliphatic hydroxyl groups excluding tert-OH is 1. The molecule has 0 spiro atoms. The smallest absolute Gasteiger partial charge is 0.489 e. The van der Waals surface area contributed by atoms with E-state index in [1.54, 1.807) is 29.0 Å². The van der Waals surface area contributed by atoms with Crippen molar-refractivity contribution in [3.63, 3.8) is 0 Å². The van der Waals surface area contributed by atoms with E-state index in [2.05, 4.69) is 10.8 Å². The molecule has 0 amide bonds. The number of nitrogens with zero attached hydrogens (tertiary/aromatic N) is 3. The summed E-state index contributed by atoms with van der Waals surface area (Å²) >= 11 is 0. The van der Waals surface area contributed by atoms with Crippen LogP contribution in [0.25, 0.3) is 5.69 Å². The van der Waals surface area contributed by atoms with Crippen LogP contribution in [0.2, 0.25) is 0 Å². The van der Waals surface area contributed by atoms with E-state index in [0.29, 0.717) is 22.7 Å². The summed E-state index contributed by atoms with van der Waals surface area (Å²) < 4.78 is 48.5. The van der Waals surface area contributed by atoms with Crippen LogP contribution in [0.1, 0.15) is 11.1 Å². The molecule has 37 heavy (non-hydrogen) atoms. The molecule has 4 rings (SSSR count). The van der Waals surface area contributed by atoms with E-state index in [1.807, 2.05) is 19.9 Å². The number of nitriles is 1. The van der Waals surface area contributed by atoms with Gasteiger partial charge < -0.3 is 19.5 Å². The third-order valence-electron chi connectivity index (χ3n) is 5.62. The lowest BCUT2D eigenvalue weighted by Gasteiger charge is -2.29. The normalized spacial score (nSPS) is 15.5. The van der Waals surface area contributed by atoms with Crippen LogP contribution in [-0.2, 0) is 0 Å². The van der Waals surface area contributed by atoms with E-state index < -0.39 is 18.3 Å². The summed E-state index contributed by atoms with van der Waals surface area (Å²) in [6.45, 7) is 3.72. The number of hydrogen-bond acceptors (Lipinski definition) is 6. The summed E-state index contributed by atoms with van der Waals surface area (Å²) in [7, 11) is 0. The molecule has 0 bridgehead atoms. The van der Waals surface area contributed by atoms with Gasteiger partial charge in [-0.15, -0.1) is 13.2 Å². The number of benzene rings is 2. The number of ether oxygens (including phenoxy) is 2. The standard InChI is InChI=1S/C27H22F3N3O4/c1-17-3-10-25(34)32(14-17)22-6-9-24(18(2)11-22)36-16-19-12-26(35)33(15-20(19)13-31)21-4-7-23(8-5-21)37-27(28,29)30/h3-12,14-15,26,35H,16H2,1-2H3. The number of rotatable bonds is 6. The SMILES string of the molecule is Cc1ccc(=O)n(-c2ccc(OCC3=CC(O)N(c4ccc(OC(F)(F)F)cc4)C=C3C#N)c(C)c2)c1. The van der Waals surface area contributed by atoms with Gasteiger partial charge in [0.15, 0.2) is 6.23 Å². The second-order valence-corrected chi connectivity index (χ2v) is 8.36. The minimum Gasteiger partial charge on any atom is -0.489 e. The van der Waals surface area contributed by atoms with Crippen LogP contribution in [0.5, 0.6) is 11.5 Å². The summed E-state index contributed by atoms with van der Waals surface area (Å²) in [5.41, 5.74) is 3.28. The Morgan fingerprint density at radius 3 is 2.41 bits per heavy atom. The second-order valence-electron chi connectivity index (χ2n) is 8.36. The minimum atomic E-state index is -4.81. The number of anilines is 1. The molecule has 1 atom stereocenters. The van der Waals surface area contributed by atoms with E-state index in [0.717, 1.165) is 23.3 Å². The molecule has 1 aliphatic rings. The first kappa shape index (κ1) is 25.6. The van der Waals surface area contributed by atoms with Gasteiger partial charge in [0.2, 0.25) is 0 Å². The topological polar surface area (TPSA) is 87.7 Å². The number of halogens is 3. The molecule has 1 N–H and O–H groups in total. The Morgan fingerprint density at radius 1 is 1.05 bits per heavy atom. The van der Waals surface area contributed by atoms with Gasteiger partial charge in [-0.05, 0) is 73.5 Å². The average molecular weight is 509 g/mol. The molecular weight excluding hydrogens is 487 g/mol. The monoisotopic (exact) mass is 509 g/mol. The molecule has 0 fully saturated rings. The fraction of sp³-hybridized carbons (Fsp3) is 0.185. The highest BCUT2D eigenvalue weighted by Gasteiger charge is 2.31. The van der Waals surface area contributed by atoms with E-state index in [-0.39, 0.29) is 17.7 Å². The molecule has 0 radical (unpaired) electrons. The molecule has 0 saturated carbocycles. The number of aromatic nitrogens is 1. The first-order chi connectivity index (χ1) is 17.5. The molecular formula is C27H22F3N3O4. The Labute approximate surface area is 210 Å². The number of aliphatic hydroxyl groups is 1. The Balaban J connectivity index is 1.48. The summed E-state index contributed by atoms with van der Waals surface area (Å²) in [6, 6.07) is 15.5. The van der Waals surface area contributed by atoms with Gasteiger partial charge in [-0.3, -0.25) is 9.36 Å². The van der Waals surface area contributed by atoms with Gasteiger partial charge in [-0.25, -0.2) is 0 Å². The van der Waals surface area contributed by atoms with Crippen LogP contribution in [0.3, 0.4) is 0 Å². The van der Waals surface area contributed by atoms with Crippen molar-refractivity contribution >= 4 is 5.69 Å². The fourth-order valence-electron chi connectivity index (χ4n) is 3.82. The molecule has 10 heteroatoms. The number of aryl methyl sites for hydroxylation is 2. The lowest BCUT2D eigenvalue weighted by molar-refractivity contribution is -0.274. The fourth-order valence-corrected chi connectivity index (χ4v) is 3.82. The predicted octanol–water partition coefficient (Wildman–Crippen LogP) is 4.90. The molecule has 2 aromatic carbocycles. The van der Waals surface area contributed by atoms with Crippen LogP contribution in [0, 0.1) is 25.2 Å². The number of hydrogen-bond donors (Lipinski definition) is 1. The van der Waals surface area contributed by atoms with Crippen LogP contribution in [0.4, 0.5) is 18.9 Å². The molecule has 1 aromatic heterocycles. The van der Waals surface area contributed by atoms with Gasteiger partial charge in [0.1, 0.15) is 24.2 Å². The first-order valence-electron chi connectivity index (χ1n) is 11.1. The highest BCUT2D eigenvalue weighted by molar-refractivity contribution is 5.59. The summed E-state index contributed by atoms with van der Waals surface area (Å²) in [5, 5.41) is 20.3. The van der Waals surface area contributed by atoms with Gasteiger partial charge in [-0.2, -0.15) is 5.26 Å². The molecule has 1 aliphatic heterocycles. The van der Waals surface area contributed by atoms with E-state index in [4.69, 9.17) is 4.74 Å². The summed E-state index contributed by atoms with van der Waals surface area (Å²) in [4.78, 5) is 13.6. The van der Waals surface area contributed by atoms with Gasteiger partial charge in [0.05, 0.1) is 5.57 Å². The molecule has 1 unspecified atom stereocenters. The highest BCUT2D eigenvalue weighted by atomic mass is 19.4. The third-order valence-corrected chi connectivity index (χ3v) is 5.62. The zero-order valence-electron chi connectivity index (χ0n) is 19.9. The van der Waals surface area contributed by atoms with Crippen molar-refractivity contribution in [3.8, 4) is 23.3 Å². The zero-order valence-corrected chi connectivity index (χ0v) is 19.9. The largest absolute Gasteiger partial charge is 0.573 e. The highest BCUT2D eigenvalue weighted by Crippen LogP contribution is 2.30. The van der Waals surface area contributed by atoms with Crippen LogP contribution < -0.4 is 19.9 Å². The minimum absolute atomic E-state index is 0.00671. The predicted molar refractivity (Wildman–Crippen MR) is 130 cm³/mol. The van der Waals surface area contributed by atoms with Gasteiger partial charge in [0, 0.05) is 35.4 Å².